The van der Waals surface area contributed by atoms with Crippen LogP contribution in [0.25, 0.3) is 4.83 Å². The molecule has 5 rings (SSSR count). The Morgan fingerprint density at radius 2 is 2.28 bits per heavy atom. The lowest BCUT2D eigenvalue weighted by atomic mass is 10.0. The third-order valence-corrected chi connectivity index (χ3v) is 8.33. The smallest absolute Gasteiger partial charge is 0.278 e. The van der Waals surface area contributed by atoms with Crippen molar-refractivity contribution in [1.82, 2.24) is 24.0 Å². The van der Waals surface area contributed by atoms with Gasteiger partial charge in [0.2, 0.25) is 22.7 Å². The van der Waals surface area contributed by atoms with Crippen molar-refractivity contribution in [3.8, 4) is 0 Å². The number of carbonyl (C=O) groups is 3. The second kappa shape index (κ2) is 9.49. The number of oxime groups is 1. The fourth-order valence-corrected chi connectivity index (χ4v) is 6.65. The molecule has 0 radical (unpaired) electrons. The Balaban J connectivity index is 1.35. The molecule has 5 heterocycles. The second-order valence-corrected chi connectivity index (χ2v) is 10.5. The number of carboxylic acid groups (broad SMARTS) is 1. The van der Waals surface area contributed by atoms with Gasteiger partial charge in [0, 0.05) is 28.2 Å². The average molecular weight is 551 g/mol. The Hall–Kier alpha value is -3.54. The number of nitrogen functional groups attached to an aromatic ring is 1. The van der Waals surface area contributed by atoms with Crippen molar-refractivity contribution in [2.75, 3.05) is 18.6 Å². The number of carboxylic acids is 1. The van der Waals surface area contributed by atoms with E-state index in [2.05, 4.69) is 19.8 Å². The first-order valence-corrected chi connectivity index (χ1v) is 13.0. The van der Waals surface area contributed by atoms with Gasteiger partial charge in [0.05, 0.1) is 11.7 Å². The lowest BCUT2D eigenvalue weighted by molar-refractivity contribution is -0.687. The zero-order valence-corrected chi connectivity index (χ0v) is 20.9. The van der Waals surface area contributed by atoms with E-state index in [0.29, 0.717) is 17.0 Å². The summed E-state index contributed by atoms with van der Waals surface area (Å²) in [6.45, 7) is 0.0853. The summed E-state index contributed by atoms with van der Waals surface area (Å²) in [5, 5.41) is 29.0. The number of rotatable bonds is 8. The highest BCUT2D eigenvalue weighted by molar-refractivity contribution is 8.00. The van der Waals surface area contributed by atoms with E-state index < -0.39 is 29.2 Å². The molecule has 2 amide bonds. The van der Waals surface area contributed by atoms with Gasteiger partial charge in [-0.3, -0.25) is 14.5 Å². The Bertz CT molecular complexity index is 1440. The number of aliphatic carboxylic acids is 1. The molecule has 4 N–H and O–H groups in total. The average Bonchev–Trinajstić information content (AvgIpc) is 3.56. The molecule has 36 heavy (non-hydrogen) atoms. The summed E-state index contributed by atoms with van der Waals surface area (Å²) in [5.74, 6) is -2.58. The van der Waals surface area contributed by atoms with Gasteiger partial charge in [-0.25, -0.2) is 4.57 Å². The molecule has 14 nitrogen and oxygen atoms in total. The molecule has 188 valence electrons. The molecule has 0 bridgehead atoms. The first-order chi connectivity index (χ1) is 17.3. The van der Waals surface area contributed by atoms with E-state index in [4.69, 9.17) is 10.6 Å². The number of imidazole rings is 1. The van der Waals surface area contributed by atoms with Gasteiger partial charge in [0.1, 0.15) is 43.6 Å². The SMILES string of the molecule is CO/N=C(\C(=O)N[C@@H]1C(=O)N2C(C(=O)[O-])=C(C[n+]3cc4scc(CO)n4c3)CS[C@H]12)c1nsc(N)n1. The number of thioether (sulfide) groups is 1. The lowest BCUT2D eigenvalue weighted by Gasteiger charge is -2.50. The molecular formula is C19H18N8O6S3. The number of nitrogens with zero attached hydrogens (tertiary/aromatic N) is 6. The van der Waals surface area contributed by atoms with Crippen LogP contribution in [0.2, 0.25) is 0 Å². The summed E-state index contributed by atoms with van der Waals surface area (Å²) in [7, 11) is 1.24. The maximum Gasteiger partial charge on any atom is 0.278 e. The minimum Gasteiger partial charge on any atom is -0.543 e. The van der Waals surface area contributed by atoms with Crippen LogP contribution < -0.4 is 20.7 Å². The van der Waals surface area contributed by atoms with E-state index >= 15 is 0 Å². The van der Waals surface area contributed by atoms with Crippen molar-refractivity contribution >= 4 is 68.1 Å². The third kappa shape index (κ3) is 4.08. The van der Waals surface area contributed by atoms with Crippen molar-refractivity contribution in [2.45, 2.75) is 24.6 Å². The van der Waals surface area contributed by atoms with Crippen LogP contribution in [0, 0.1) is 0 Å². The minimum atomic E-state index is -1.48. The number of hydrogen-bond donors (Lipinski definition) is 3. The van der Waals surface area contributed by atoms with Crippen LogP contribution in [0.3, 0.4) is 0 Å². The highest BCUT2D eigenvalue weighted by atomic mass is 32.2. The summed E-state index contributed by atoms with van der Waals surface area (Å²) in [4.78, 5) is 48.5. The van der Waals surface area contributed by atoms with Gasteiger partial charge < -0.3 is 30.9 Å². The van der Waals surface area contributed by atoms with Crippen LogP contribution in [-0.4, -0.2) is 71.5 Å². The second-order valence-electron chi connectivity index (χ2n) is 7.69. The predicted octanol–water partition coefficient (Wildman–Crippen LogP) is -2.33. The van der Waals surface area contributed by atoms with Crippen LogP contribution in [0.1, 0.15) is 11.5 Å². The van der Waals surface area contributed by atoms with Crippen LogP contribution in [0.4, 0.5) is 5.13 Å². The number of aliphatic hydroxyl groups is 1. The minimum absolute atomic E-state index is 0.0526. The quantitative estimate of drug-likeness (QED) is 0.119. The number of amides is 2. The van der Waals surface area contributed by atoms with E-state index in [-0.39, 0.29) is 35.5 Å². The third-order valence-electron chi connectivity index (χ3n) is 5.52. The Labute approximate surface area is 214 Å². The normalized spacial score (nSPS) is 19.9. The number of thiazole rings is 1. The number of aromatic nitrogens is 4. The highest BCUT2D eigenvalue weighted by Gasteiger charge is 2.53. The first kappa shape index (κ1) is 24.2. The summed E-state index contributed by atoms with van der Waals surface area (Å²) in [6, 6.07) is -0.990. The fourth-order valence-electron chi connectivity index (χ4n) is 3.96. The van der Waals surface area contributed by atoms with Crippen molar-refractivity contribution in [3.05, 3.63) is 40.7 Å². The van der Waals surface area contributed by atoms with E-state index in [9.17, 15) is 24.6 Å². The maximum absolute atomic E-state index is 13.0. The van der Waals surface area contributed by atoms with Gasteiger partial charge in [0.25, 0.3) is 11.8 Å². The maximum atomic E-state index is 13.0. The van der Waals surface area contributed by atoms with Gasteiger partial charge >= 0.3 is 0 Å². The molecular weight excluding hydrogens is 532 g/mol. The summed E-state index contributed by atoms with van der Waals surface area (Å²) in [5.41, 5.74) is 6.31. The number of fused-ring (bicyclic) bond motifs is 2. The van der Waals surface area contributed by atoms with Crippen LogP contribution >= 0.6 is 34.6 Å². The zero-order chi connectivity index (χ0) is 25.6. The monoisotopic (exact) mass is 550 g/mol. The highest BCUT2D eigenvalue weighted by Crippen LogP contribution is 2.40. The van der Waals surface area contributed by atoms with Crippen molar-refractivity contribution < 1.29 is 34.0 Å². The van der Waals surface area contributed by atoms with E-state index in [1.807, 2.05) is 16.0 Å². The molecule has 1 fully saturated rings. The molecule has 2 aliphatic rings. The van der Waals surface area contributed by atoms with Gasteiger partial charge in [-0.2, -0.15) is 13.8 Å². The van der Waals surface area contributed by atoms with E-state index in [0.717, 1.165) is 21.3 Å². The van der Waals surface area contributed by atoms with Crippen molar-refractivity contribution in [2.24, 2.45) is 5.16 Å². The molecule has 0 aromatic carbocycles. The lowest BCUT2D eigenvalue weighted by Crippen LogP contribution is -2.71. The van der Waals surface area contributed by atoms with Gasteiger partial charge in [-0.1, -0.05) is 16.5 Å². The zero-order valence-electron chi connectivity index (χ0n) is 18.5. The summed E-state index contributed by atoms with van der Waals surface area (Å²) < 4.78 is 7.54. The van der Waals surface area contributed by atoms with Gasteiger partial charge in [-0.05, 0) is 0 Å². The molecule has 2 atom stereocenters. The fraction of sp³-hybridized carbons (Fsp3) is 0.316. The molecule has 0 saturated carbocycles. The summed E-state index contributed by atoms with van der Waals surface area (Å²) >= 11 is 3.64. The number of nitrogens with two attached hydrogens (primary N) is 1. The molecule has 0 aliphatic carbocycles. The number of β-lactam (4-membered cyclic amide) rings is 1. The number of anilines is 1. The van der Waals surface area contributed by atoms with Crippen LogP contribution in [0.15, 0.2) is 34.3 Å². The molecule has 3 aromatic rings. The van der Waals surface area contributed by atoms with Crippen LogP contribution in [0.5, 0.6) is 0 Å². The van der Waals surface area contributed by atoms with Gasteiger partial charge in [-0.15, -0.1) is 11.8 Å². The van der Waals surface area contributed by atoms with Crippen LogP contribution in [-0.2, 0) is 32.4 Å². The number of nitrogens with one attached hydrogen (secondary N) is 1. The van der Waals surface area contributed by atoms with E-state index in [1.165, 1.54) is 30.2 Å². The standard InChI is InChI=1S/C19H18N8O6S3/c1-33-23-11(14-22-19(20)36-24-14)15(29)21-12-16(30)27-13(18(31)32)8(5-35-17(12)27)2-25-3-10-26(7-25)9(4-28)6-34-10/h3,6-7,12,17,28H,2,4-5H2,1H3,(H3-,20,21,22,24,29,31,32)/b23-11-/t12-,17-/m1/s1. The molecule has 17 heteroatoms. The largest absolute Gasteiger partial charge is 0.543 e. The first-order valence-electron chi connectivity index (χ1n) is 10.3. The Morgan fingerprint density at radius 3 is 2.94 bits per heavy atom. The molecule has 3 aromatic heterocycles. The molecule has 0 spiro atoms. The number of hydrogen-bond acceptors (Lipinski definition) is 13. The Kier molecular flexibility index (Phi) is 6.37. The molecule has 1 saturated heterocycles. The van der Waals surface area contributed by atoms with Crippen molar-refractivity contribution in [3.63, 3.8) is 0 Å². The molecule has 2 aliphatic heterocycles. The van der Waals surface area contributed by atoms with Crippen molar-refractivity contribution in [1.29, 1.82) is 0 Å². The predicted molar refractivity (Wildman–Crippen MR) is 126 cm³/mol. The summed E-state index contributed by atoms with van der Waals surface area (Å²) in [6.07, 6.45) is 3.59. The number of carbonyl (C=O) groups excluding carboxylic acids is 3. The molecule has 0 unspecified atom stereocenters. The number of aliphatic hydroxyl groups excluding tert-OH is 1. The van der Waals surface area contributed by atoms with E-state index in [1.54, 1.807) is 10.9 Å². The van der Waals surface area contributed by atoms with Gasteiger partial charge in [0.15, 0.2) is 5.13 Å². The Morgan fingerprint density at radius 1 is 1.47 bits per heavy atom. The topological polar surface area (TPSA) is 191 Å².